The van der Waals surface area contributed by atoms with Gasteiger partial charge in [-0.1, -0.05) is 17.2 Å². The van der Waals surface area contributed by atoms with E-state index in [-0.39, 0.29) is 16.2 Å². The van der Waals surface area contributed by atoms with Crippen LogP contribution in [0.15, 0.2) is 24.3 Å². The van der Waals surface area contributed by atoms with Crippen LogP contribution in [0.2, 0.25) is 0 Å². The molecule has 11 heteroatoms. The fourth-order valence-corrected chi connectivity index (χ4v) is 2.87. The van der Waals surface area contributed by atoms with E-state index in [1.165, 1.54) is 24.3 Å². The van der Waals surface area contributed by atoms with Crippen molar-refractivity contribution in [3.63, 3.8) is 0 Å². The lowest BCUT2D eigenvalue weighted by Gasteiger charge is -2.13. The van der Waals surface area contributed by atoms with Crippen molar-refractivity contribution in [2.24, 2.45) is 0 Å². The molecular formula is C12H8F3NO6S. The summed E-state index contributed by atoms with van der Waals surface area (Å²) < 4.78 is 58.6. The van der Waals surface area contributed by atoms with Crippen molar-refractivity contribution < 1.29 is 40.8 Å². The molecule has 0 fully saturated rings. The Hall–Kier alpha value is -2.43. The van der Waals surface area contributed by atoms with Crippen molar-refractivity contribution in [3.05, 3.63) is 35.4 Å². The maximum absolute atomic E-state index is 12.1. The summed E-state index contributed by atoms with van der Waals surface area (Å²) in [4.78, 5) is 39.4. The van der Waals surface area contributed by atoms with Crippen LogP contribution in [0.25, 0.3) is 0 Å². The first-order valence-corrected chi connectivity index (χ1v) is 7.78. The molecular weight excluding hydrogens is 343 g/mol. The number of carbonyl (C=O) groups is 3. The highest BCUT2D eigenvalue weighted by atomic mass is 32.2. The van der Waals surface area contributed by atoms with Crippen molar-refractivity contribution in [2.75, 3.05) is 11.5 Å². The first-order valence-electron chi connectivity index (χ1n) is 5.96. The number of alkyl halides is 3. The third-order valence-electron chi connectivity index (χ3n) is 2.67. The molecule has 1 aromatic rings. The van der Waals surface area contributed by atoms with Crippen LogP contribution in [-0.4, -0.2) is 48.9 Å². The summed E-state index contributed by atoms with van der Waals surface area (Å²) in [6.45, 7) is 0. The van der Waals surface area contributed by atoms with Crippen molar-refractivity contribution in [2.45, 2.75) is 6.18 Å². The smallest absolute Gasteiger partial charge is 0.329 e. The van der Waals surface area contributed by atoms with Gasteiger partial charge in [-0.3, -0.25) is 9.59 Å². The third kappa shape index (κ3) is 3.86. The van der Waals surface area contributed by atoms with Gasteiger partial charge in [-0.05, 0) is 12.1 Å². The number of nitrogens with zero attached hydrogens (tertiary/aromatic N) is 1. The second-order valence-corrected chi connectivity index (χ2v) is 6.63. The molecule has 0 atom stereocenters. The lowest BCUT2D eigenvalue weighted by atomic mass is 10.1. The topological polar surface area (TPSA) is 97.8 Å². The molecule has 0 spiro atoms. The number of fused-ring (bicyclic) bond motifs is 1. The molecule has 1 aromatic carbocycles. The van der Waals surface area contributed by atoms with E-state index >= 15 is 0 Å². The summed E-state index contributed by atoms with van der Waals surface area (Å²) in [6, 6.07) is 5.46. The third-order valence-corrected chi connectivity index (χ3v) is 4.11. The highest BCUT2D eigenvalue weighted by molar-refractivity contribution is 7.92. The fraction of sp³-hybridized carbons (Fsp3) is 0.250. The standard InChI is InChI=1S/C12H8F3NO6S/c13-12(14,15)6-23(20,21)5-9(17)22-16-10(18)7-3-1-2-4-8(7)11(16)19/h1-4H,5-6H2. The van der Waals surface area contributed by atoms with E-state index in [0.29, 0.717) is 0 Å². The molecule has 124 valence electrons. The minimum Gasteiger partial charge on any atom is -0.329 e. The second kappa shape index (κ2) is 5.65. The van der Waals surface area contributed by atoms with Crippen LogP contribution in [0.3, 0.4) is 0 Å². The largest absolute Gasteiger partial charge is 0.402 e. The monoisotopic (exact) mass is 351 g/mol. The van der Waals surface area contributed by atoms with Crippen LogP contribution in [-0.2, 0) is 19.5 Å². The Kier molecular flexibility index (Phi) is 4.16. The Labute approximate surface area is 127 Å². The molecule has 7 nitrogen and oxygen atoms in total. The zero-order valence-corrected chi connectivity index (χ0v) is 12.0. The van der Waals surface area contributed by atoms with Gasteiger partial charge < -0.3 is 4.84 Å². The SMILES string of the molecule is O=C(CS(=O)(=O)CC(F)(F)F)ON1C(=O)c2ccccc2C1=O. The van der Waals surface area contributed by atoms with E-state index in [4.69, 9.17) is 0 Å². The van der Waals surface area contributed by atoms with Gasteiger partial charge in [0.2, 0.25) is 0 Å². The van der Waals surface area contributed by atoms with Crippen LogP contribution in [0.4, 0.5) is 13.2 Å². The van der Waals surface area contributed by atoms with E-state index in [1.807, 2.05) is 0 Å². The molecule has 0 bridgehead atoms. The number of benzene rings is 1. The first-order chi connectivity index (χ1) is 10.5. The predicted molar refractivity (Wildman–Crippen MR) is 67.7 cm³/mol. The molecule has 2 rings (SSSR count). The van der Waals surface area contributed by atoms with Crippen LogP contribution < -0.4 is 0 Å². The summed E-state index contributed by atoms with van der Waals surface area (Å²) in [6.07, 6.45) is -5.02. The number of amides is 2. The molecule has 0 radical (unpaired) electrons. The lowest BCUT2D eigenvalue weighted by molar-refractivity contribution is -0.165. The highest BCUT2D eigenvalue weighted by Crippen LogP contribution is 2.23. The van der Waals surface area contributed by atoms with Crippen molar-refractivity contribution in [1.29, 1.82) is 0 Å². The van der Waals surface area contributed by atoms with Crippen molar-refractivity contribution in [1.82, 2.24) is 5.06 Å². The van der Waals surface area contributed by atoms with Crippen LogP contribution in [0, 0.1) is 0 Å². The molecule has 1 aliphatic heterocycles. The van der Waals surface area contributed by atoms with Gasteiger partial charge in [0.25, 0.3) is 11.8 Å². The van der Waals surface area contributed by atoms with Gasteiger partial charge in [-0.25, -0.2) is 13.2 Å². The number of halogens is 3. The zero-order chi connectivity index (χ0) is 17.4. The Balaban J connectivity index is 2.08. The molecule has 1 heterocycles. The number of sulfone groups is 1. The average molecular weight is 351 g/mol. The van der Waals surface area contributed by atoms with Gasteiger partial charge >= 0.3 is 12.1 Å². The van der Waals surface area contributed by atoms with Gasteiger partial charge in [0.05, 0.1) is 11.1 Å². The van der Waals surface area contributed by atoms with Gasteiger partial charge in [0, 0.05) is 0 Å². The van der Waals surface area contributed by atoms with Crippen LogP contribution in [0.5, 0.6) is 0 Å². The molecule has 0 saturated carbocycles. The Morgan fingerprint density at radius 1 is 1.09 bits per heavy atom. The predicted octanol–water partition coefficient (Wildman–Crippen LogP) is 0.718. The number of rotatable bonds is 4. The molecule has 0 saturated heterocycles. The maximum atomic E-state index is 12.1. The fourth-order valence-electron chi connectivity index (χ4n) is 1.86. The van der Waals surface area contributed by atoms with Crippen LogP contribution in [0.1, 0.15) is 20.7 Å². The normalized spacial score (nSPS) is 14.8. The van der Waals surface area contributed by atoms with Crippen molar-refractivity contribution >= 4 is 27.6 Å². The molecule has 0 unspecified atom stereocenters. The minimum absolute atomic E-state index is 0.0239. The Morgan fingerprint density at radius 3 is 2.00 bits per heavy atom. The quantitative estimate of drug-likeness (QED) is 0.742. The number of hydroxylamine groups is 2. The number of hydrogen-bond acceptors (Lipinski definition) is 6. The lowest BCUT2D eigenvalue weighted by Crippen LogP contribution is -2.36. The average Bonchev–Trinajstić information content (AvgIpc) is 2.61. The number of imide groups is 1. The molecule has 1 aliphatic rings. The minimum atomic E-state index is -5.02. The Morgan fingerprint density at radius 2 is 1.57 bits per heavy atom. The molecule has 0 aromatic heterocycles. The zero-order valence-electron chi connectivity index (χ0n) is 11.2. The highest BCUT2D eigenvalue weighted by Gasteiger charge is 2.40. The van der Waals surface area contributed by atoms with Gasteiger partial charge in [-0.2, -0.15) is 13.2 Å². The van der Waals surface area contributed by atoms with Crippen molar-refractivity contribution in [3.8, 4) is 0 Å². The first kappa shape index (κ1) is 16.9. The van der Waals surface area contributed by atoms with E-state index in [2.05, 4.69) is 4.84 Å². The van der Waals surface area contributed by atoms with E-state index in [9.17, 15) is 36.0 Å². The summed E-state index contributed by atoms with van der Waals surface area (Å²) in [7, 11) is -4.83. The summed E-state index contributed by atoms with van der Waals surface area (Å²) in [5.74, 6) is -7.50. The van der Waals surface area contributed by atoms with E-state index < -0.39 is 45.3 Å². The van der Waals surface area contributed by atoms with E-state index in [1.54, 1.807) is 0 Å². The summed E-state index contributed by atoms with van der Waals surface area (Å²) in [5, 5.41) is 0.0239. The molecule has 2 amide bonds. The molecule has 0 aliphatic carbocycles. The van der Waals surface area contributed by atoms with Gasteiger partial charge in [0.15, 0.2) is 15.6 Å². The Bertz CT molecular complexity index is 751. The summed E-state index contributed by atoms with van der Waals surface area (Å²) >= 11 is 0. The molecule has 23 heavy (non-hydrogen) atoms. The van der Waals surface area contributed by atoms with Gasteiger partial charge in [0.1, 0.15) is 5.75 Å². The van der Waals surface area contributed by atoms with E-state index in [0.717, 1.165) is 0 Å². The maximum Gasteiger partial charge on any atom is 0.402 e. The summed E-state index contributed by atoms with van der Waals surface area (Å²) in [5.41, 5.74) is -0.133. The number of hydrogen-bond donors (Lipinski definition) is 0. The van der Waals surface area contributed by atoms with Gasteiger partial charge in [-0.15, -0.1) is 0 Å². The van der Waals surface area contributed by atoms with Crippen LogP contribution >= 0.6 is 0 Å². The molecule has 0 N–H and O–H groups in total. The second-order valence-electron chi connectivity index (χ2n) is 4.56. The number of carbonyl (C=O) groups excluding carboxylic acids is 3.